The Morgan fingerprint density at radius 2 is 1.93 bits per heavy atom. The van der Waals surface area contributed by atoms with E-state index in [0.29, 0.717) is 6.61 Å². The summed E-state index contributed by atoms with van der Waals surface area (Å²) in [6, 6.07) is 16.3. The Bertz CT molecular complexity index is 1170. The van der Waals surface area contributed by atoms with Gasteiger partial charge in [-0.25, -0.2) is 0 Å². The first-order chi connectivity index (χ1) is 14.1. The molecule has 0 saturated carbocycles. The number of fused-ring (bicyclic) bond motifs is 1. The smallest absolute Gasteiger partial charge is 0.265 e. The summed E-state index contributed by atoms with van der Waals surface area (Å²) in [6.07, 6.45) is 11.4. The molecule has 2 N–H and O–H groups in total. The average molecular weight is 381 g/mol. The summed E-state index contributed by atoms with van der Waals surface area (Å²) in [5, 5.41) is 0. The Balaban J connectivity index is 1.44. The highest BCUT2D eigenvalue weighted by molar-refractivity contribution is 6.01. The second kappa shape index (κ2) is 6.81. The van der Waals surface area contributed by atoms with Gasteiger partial charge in [0.2, 0.25) is 5.70 Å². The first-order valence-corrected chi connectivity index (χ1v) is 9.53. The minimum atomic E-state index is 0.00539. The van der Waals surface area contributed by atoms with Crippen molar-refractivity contribution in [1.29, 1.82) is 0 Å². The molecule has 2 aliphatic heterocycles. The van der Waals surface area contributed by atoms with E-state index in [4.69, 9.17) is 15.6 Å². The summed E-state index contributed by atoms with van der Waals surface area (Å²) in [5.41, 5.74) is 6.09. The van der Waals surface area contributed by atoms with Crippen LogP contribution in [0.2, 0.25) is 0 Å². The highest BCUT2D eigenvalue weighted by Gasteiger charge is 2.44. The monoisotopic (exact) mass is 381 g/mol. The fourth-order valence-corrected chi connectivity index (χ4v) is 3.52. The number of quaternary nitrogens is 1. The van der Waals surface area contributed by atoms with Crippen LogP contribution in [0.5, 0.6) is 5.75 Å². The molecule has 2 aromatic carbocycles. The van der Waals surface area contributed by atoms with Crippen LogP contribution in [-0.2, 0) is 6.61 Å². The maximum absolute atomic E-state index is 6.76. The van der Waals surface area contributed by atoms with Crippen molar-refractivity contribution >= 4 is 12.1 Å². The second-order valence-corrected chi connectivity index (χ2v) is 7.31. The van der Waals surface area contributed by atoms with Crippen molar-refractivity contribution in [2.24, 2.45) is 15.8 Å². The van der Waals surface area contributed by atoms with Crippen molar-refractivity contribution in [1.82, 2.24) is 0 Å². The molecule has 2 aromatic rings. The molecule has 5 rings (SSSR count). The van der Waals surface area contributed by atoms with Crippen molar-refractivity contribution < 1.29 is 9.33 Å². The lowest BCUT2D eigenvalue weighted by Gasteiger charge is -2.26. The third-order valence-corrected chi connectivity index (χ3v) is 5.24. The minimum Gasteiger partial charge on any atom is -0.489 e. The summed E-state index contributed by atoms with van der Waals surface area (Å²) in [4.78, 5) is 9.15. The van der Waals surface area contributed by atoms with Gasteiger partial charge in [-0.1, -0.05) is 54.1 Å². The molecule has 1 aliphatic carbocycles. The van der Waals surface area contributed by atoms with Crippen molar-refractivity contribution in [3.63, 3.8) is 0 Å². The van der Waals surface area contributed by atoms with Crippen molar-refractivity contribution in [3.05, 3.63) is 113 Å². The van der Waals surface area contributed by atoms with Crippen molar-refractivity contribution in [2.45, 2.75) is 13.5 Å². The molecule has 0 saturated heterocycles. The number of benzene rings is 2. The van der Waals surface area contributed by atoms with Crippen LogP contribution in [0, 0.1) is 6.92 Å². The molecular formula is C24H21N4O+. The molecule has 0 aromatic heterocycles. The SMILES string of the molecule is Cc1ccc(COc2cccc(C3=NC(C4=CC=C4)=C4C=NC=C[N+]34N)c2)cc1. The zero-order valence-corrected chi connectivity index (χ0v) is 16.1. The van der Waals surface area contributed by atoms with E-state index in [1.54, 1.807) is 12.4 Å². The van der Waals surface area contributed by atoms with Crippen LogP contribution in [0.1, 0.15) is 16.7 Å². The zero-order chi connectivity index (χ0) is 19.8. The van der Waals surface area contributed by atoms with Crippen molar-refractivity contribution in [3.8, 4) is 5.75 Å². The molecule has 0 bridgehead atoms. The number of rotatable bonds is 5. The van der Waals surface area contributed by atoms with Gasteiger partial charge in [-0.05, 0) is 30.7 Å². The number of hydrogen-bond acceptors (Lipinski definition) is 4. The van der Waals surface area contributed by atoms with Gasteiger partial charge in [0.25, 0.3) is 5.84 Å². The lowest BCUT2D eigenvalue weighted by molar-refractivity contribution is -0.750. The lowest BCUT2D eigenvalue weighted by atomic mass is 10.0. The predicted molar refractivity (Wildman–Crippen MR) is 115 cm³/mol. The van der Waals surface area contributed by atoms with Gasteiger partial charge in [0.15, 0.2) is 0 Å². The normalized spacial score (nSPS) is 21.6. The minimum absolute atomic E-state index is 0.00539. The summed E-state index contributed by atoms with van der Waals surface area (Å²) < 4.78 is 6.03. The van der Waals surface area contributed by atoms with Gasteiger partial charge >= 0.3 is 0 Å². The molecule has 5 nitrogen and oxygen atoms in total. The topological polar surface area (TPSA) is 60.0 Å². The third kappa shape index (κ3) is 3.06. The first-order valence-electron chi connectivity index (χ1n) is 9.53. The summed E-state index contributed by atoms with van der Waals surface area (Å²) in [7, 11) is 0. The van der Waals surface area contributed by atoms with E-state index >= 15 is 0 Å². The highest BCUT2D eigenvalue weighted by Crippen LogP contribution is 2.36. The third-order valence-electron chi connectivity index (χ3n) is 5.24. The molecule has 142 valence electrons. The Morgan fingerprint density at radius 1 is 1.10 bits per heavy atom. The maximum Gasteiger partial charge on any atom is 0.265 e. The number of aliphatic imine (C=N–C) groups is 2. The standard InChI is InChI=1S/C24H21N4O/c1-17-8-10-18(11-9-17)16-29-21-7-3-6-20(14-21)24-27-23(19-4-2-5-19)22-15-26-12-13-28(22,24)25/h2-15H,16,25H2,1H3/q+1. The van der Waals surface area contributed by atoms with Gasteiger partial charge in [0, 0.05) is 5.57 Å². The lowest BCUT2D eigenvalue weighted by Crippen LogP contribution is -2.53. The molecule has 1 unspecified atom stereocenters. The molecule has 29 heavy (non-hydrogen) atoms. The van der Waals surface area contributed by atoms with Gasteiger partial charge < -0.3 is 4.74 Å². The van der Waals surface area contributed by atoms with E-state index in [1.807, 2.05) is 48.7 Å². The van der Waals surface area contributed by atoms with E-state index < -0.39 is 0 Å². The van der Waals surface area contributed by atoms with Gasteiger partial charge in [-0.15, -0.1) is 4.59 Å². The Morgan fingerprint density at radius 3 is 2.69 bits per heavy atom. The van der Waals surface area contributed by atoms with Crippen LogP contribution < -0.4 is 10.6 Å². The number of hydrogen-bond donors (Lipinski definition) is 1. The van der Waals surface area contributed by atoms with Gasteiger partial charge in [0.05, 0.1) is 18.0 Å². The predicted octanol–water partition coefficient (Wildman–Crippen LogP) is 4.29. The molecule has 0 spiro atoms. The van der Waals surface area contributed by atoms with Gasteiger partial charge in [-0.3, -0.25) is 4.99 Å². The largest absolute Gasteiger partial charge is 0.489 e. The van der Waals surface area contributed by atoms with E-state index in [-0.39, 0.29) is 4.59 Å². The molecule has 1 atom stereocenters. The Kier molecular flexibility index (Phi) is 4.12. The number of ether oxygens (including phenoxy) is 1. The number of amidine groups is 1. The van der Waals surface area contributed by atoms with E-state index in [2.05, 4.69) is 36.2 Å². The quantitative estimate of drug-likeness (QED) is 0.620. The molecule has 0 fully saturated rings. The average Bonchev–Trinajstić information content (AvgIpc) is 2.99. The molecular weight excluding hydrogens is 360 g/mol. The highest BCUT2D eigenvalue weighted by atomic mass is 16.5. The Labute approximate surface area is 169 Å². The number of aryl methyl sites for hydroxylation is 1. The maximum atomic E-state index is 6.76. The molecule has 0 radical (unpaired) electrons. The van der Waals surface area contributed by atoms with E-state index in [0.717, 1.165) is 39.7 Å². The summed E-state index contributed by atoms with van der Waals surface area (Å²) in [6.45, 7) is 2.59. The van der Waals surface area contributed by atoms with Crippen LogP contribution in [0.15, 0.2) is 106 Å². The molecule has 2 heterocycles. The number of nitrogens with two attached hydrogens (primary N) is 1. The summed E-state index contributed by atoms with van der Waals surface area (Å²) in [5.74, 6) is 8.29. The second-order valence-electron chi connectivity index (χ2n) is 7.31. The van der Waals surface area contributed by atoms with E-state index in [9.17, 15) is 0 Å². The van der Waals surface area contributed by atoms with E-state index in [1.165, 1.54) is 5.56 Å². The number of nitrogens with zero attached hydrogens (tertiary/aromatic N) is 3. The molecule has 3 aliphatic rings. The molecule has 0 amide bonds. The zero-order valence-electron chi connectivity index (χ0n) is 16.1. The van der Waals surface area contributed by atoms with Crippen LogP contribution in [0.3, 0.4) is 0 Å². The Hall–Kier alpha value is -3.54. The fourth-order valence-electron chi connectivity index (χ4n) is 3.52. The van der Waals surface area contributed by atoms with Gasteiger partial charge in [0.1, 0.15) is 24.3 Å². The van der Waals surface area contributed by atoms with Crippen LogP contribution in [-0.4, -0.2) is 16.6 Å². The summed E-state index contributed by atoms with van der Waals surface area (Å²) >= 11 is 0. The first kappa shape index (κ1) is 17.6. The van der Waals surface area contributed by atoms with Crippen LogP contribution in [0.25, 0.3) is 0 Å². The fraction of sp³-hybridized carbons (Fsp3) is 0.0833. The van der Waals surface area contributed by atoms with Crippen LogP contribution in [0.4, 0.5) is 0 Å². The number of allylic oxidation sites excluding steroid dienone is 4. The van der Waals surface area contributed by atoms with Crippen molar-refractivity contribution in [2.75, 3.05) is 0 Å². The van der Waals surface area contributed by atoms with Gasteiger partial charge in [-0.2, -0.15) is 10.8 Å². The molecule has 5 heteroatoms. The van der Waals surface area contributed by atoms with Crippen LogP contribution >= 0.6 is 0 Å².